The van der Waals surface area contributed by atoms with Crippen LogP contribution in [-0.2, 0) is 13.0 Å². The van der Waals surface area contributed by atoms with Gasteiger partial charge in [0.15, 0.2) is 18.2 Å². The van der Waals surface area contributed by atoms with Crippen molar-refractivity contribution in [2.45, 2.75) is 232 Å². The van der Waals surface area contributed by atoms with Crippen molar-refractivity contribution in [3.8, 4) is 5.75 Å². The number of hydrogen-bond acceptors (Lipinski definition) is 7. The highest BCUT2D eigenvalue weighted by Gasteiger charge is 2.23. The molecular formula is C53H85ClN2O6. The maximum Gasteiger partial charge on any atom is 0.374 e. The fourth-order valence-corrected chi connectivity index (χ4v) is 8.69. The van der Waals surface area contributed by atoms with Gasteiger partial charge in [0.25, 0.3) is 5.52 Å². The number of halogens is 1. The van der Waals surface area contributed by atoms with Crippen molar-refractivity contribution in [1.82, 2.24) is 0 Å². The van der Waals surface area contributed by atoms with E-state index in [4.69, 9.17) is 27.8 Å². The molecule has 350 valence electrons. The molecule has 0 radical (unpaired) electrons. The fraction of sp³-hybridized carbons (Fsp3) is 0.679. The van der Waals surface area contributed by atoms with Crippen LogP contribution in [0.5, 0.6) is 5.75 Å². The van der Waals surface area contributed by atoms with Gasteiger partial charge in [-0.2, -0.15) is 4.57 Å². The molecule has 4 rings (SSSR count). The number of benzene rings is 2. The number of allylic oxidation sites excluding steroid dienone is 2. The standard InChI is InChI=1S/C53H84N2O2.ClHO4/c1-3-5-7-9-11-13-15-17-19-21-23-25-27-29-31-33-39-47-40-37-43-50-53(47)55(52(57-50)45-38-44-51-54-48-41-34-35-42-49(48)56-51)46-36-32-30-28-26-24-22-20-18-16-14-12-10-8-6-4-2;2-1(3,4)5/h34-35,37-38,40-45H,3-33,36,39,46H2,1-2H3;(H,2,3,4,5). The van der Waals surface area contributed by atoms with Crippen LogP contribution in [0.1, 0.15) is 231 Å². The second-order valence-electron chi connectivity index (χ2n) is 17.7. The highest BCUT2D eigenvalue weighted by atomic mass is 35.7. The minimum atomic E-state index is -4.94. The van der Waals surface area contributed by atoms with Crippen LogP contribution in [0.3, 0.4) is 0 Å². The number of ether oxygens (including phenoxy) is 1. The fourth-order valence-electron chi connectivity index (χ4n) is 8.69. The first-order valence-corrected chi connectivity index (χ1v) is 26.5. The van der Waals surface area contributed by atoms with Gasteiger partial charge in [-0.25, -0.2) is 18.6 Å². The van der Waals surface area contributed by atoms with Crippen LogP contribution < -0.4 is 33.3 Å². The van der Waals surface area contributed by atoms with Crippen LogP contribution in [0.2, 0.25) is 0 Å². The zero-order valence-corrected chi connectivity index (χ0v) is 39.8. The van der Waals surface area contributed by atoms with E-state index in [1.54, 1.807) is 0 Å². The normalized spacial score (nSPS) is 13.2. The van der Waals surface area contributed by atoms with E-state index in [9.17, 15) is 0 Å². The molecule has 3 aromatic rings. The maximum atomic E-state index is 8.49. The summed E-state index contributed by atoms with van der Waals surface area (Å²) in [7, 11) is -4.94. The predicted octanol–water partition coefficient (Wildman–Crippen LogP) is 12.4. The molecule has 0 unspecified atom stereocenters. The molecule has 0 fully saturated rings. The van der Waals surface area contributed by atoms with E-state index in [1.807, 2.05) is 30.3 Å². The van der Waals surface area contributed by atoms with E-state index in [2.05, 4.69) is 54.1 Å². The van der Waals surface area contributed by atoms with Crippen molar-refractivity contribution in [2.24, 2.45) is 0 Å². The van der Waals surface area contributed by atoms with Crippen molar-refractivity contribution < 1.29 is 42.6 Å². The Balaban J connectivity index is 0.00000193. The molecule has 62 heavy (non-hydrogen) atoms. The number of para-hydroxylation sites is 3. The molecule has 0 saturated heterocycles. The van der Waals surface area contributed by atoms with Gasteiger partial charge in [-0.15, -0.1) is 10.2 Å². The molecule has 0 spiro atoms. The number of oxazole rings is 1. The Labute approximate surface area is 379 Å². The highest BCUT2D eigenvalue weighted by molar-refractivity contribution is 5.74. The van der Waals surface area contributed by atoms with Crippen molar-refractivity contribution in [1.29, 1.82) is 0 Å². The number of aryl methyl sites for hydroxylation is 2. The van der Waals surface area contributed by atoms with Gasteiger partial charge in [0, 0.05) is 12.0 Å². The smallest absolute Gasteiger partial charge is 0.374 e. The predicted molar refractivity (Wildman–Crippen MR) is 247 cm³/mol. The summed E-state index contributed by atoms with van der Waals surface area (Å²) in [5, 5.41) is 3.37. The second kappa shape index (κ2) is 34.5. The molecule has 9 heteroatoms. The summed E-state index contributed by atoms with van der Waals surface area (Å²) in [6.45, 7) is 5.61. The largest absolute Gasteiger partial charge is 0.439 e. The summed E-state index contributed by atoms with van der Waals surface area (Å²) in [5.41, 5.74) is 4.76. The minimum Gasteiger partial charge on any atom is -0.439 e. The molecule has 0 aliphatic carbocycles. The van der Waals surface area contributed by atoms with Crippen LogP contribution in [0.15, 0.2) is 64.9 Å². The van der Waals surface area contributed by atoms with Crippen LogP contribution in [0.25, 0.3) is 17.2 Å². The first kappa shape index (κ1) is 53.5. The molecule has 0 saturated carbocycles. The summed E-state index contributed by atoms with van der Waals surface area (Å²) in [4.78, 5) is 0. The molecule has 1 aromatic heterocycles. The minimum absolute atomic E-state index is 0.747. The zero-order chi connectivity index (χ0) is 44.4. The van der Waals surface area contributed by atoms with E-state index in [0.717, 1.165) is 41.8 Å². The Morgan fingerprint density at radius 2 is 0.968 bits per heavy atom. The third kappa shape index (κ3) is 25.4. The lowest BCUT2D eigenvalue weighted by Gasteiger charge is -2.17. The number of unbranched alkanes of at least 4 members (excludes halogenated alkanes) is 30. The highest BCUT2D eigenvalue weighted by Crippen LogP contribution is 2.32. The zero-order valence-electron chi connectivity index (χ0n) is 39.1. The van der Waals surface area contributed by atoms with Gasteiger partial charge in [0.1, 0.15) is 0 Å². The lowest BCUT2D eigenvalue weighted by Crippen LogP contribution is -2.68. The van der Waals surface area contributed by atoms with Crippen molar-refractivity contribution in [2.75, 3.05) is 5.32 Å². The molecule has 0 amide bonds. The molecule has 1 aliphatic heterocycles. The Bertz CT molecular complexity index is 1580. The van der Waals surface area contributed by atoms with Gasteiger partial charge in [-0.05, 0) is 49.6 Å². The SMILES string of the molecule is CCCCCCCCCCCCCCCCCCc1cccc2oc(C=CC=C3Nc4ccccc4O3)[n+](CCCCCCCCCCCCCCCCCC)c12.[O-][Cl+3]([O-])([O-])[O-]. The Kier molecular flexibility index (Phi) is 29.8. The van der Waals surface area contributed by atoms with E-state index in [1.165, 1.54) is 217 Å². The number of anilines is 1. The third-order valence-electron chi connectivity index (χ3n) is 12.2. The van der Waals surface area contributed by atoms with Gasteiger partial charge in [-0.3, -0.25) is 0 Å². The average molecular weight is 882 g/mol. The number of rotatable bonds is 36. The molecule has 0 bridgehead atoms. The molecular weight excluding hydrogens is 796 g/mol. The molecule has 1 N–H and O–H groups in total. The first-order valence-electron chi connectivity index (χ1n) is 25.3. The number of nitrogens with zero attached hydrogens (tertiary/aromatic N) is 1. The summed E-state index contributed by atoms with van der Waals surface area (Å²) in [6, 6.07) is 14.8. The molecule has 0 atom stereocenters. The monoisotopic (exact) mass is 881 g/mol. The van der Waals surface area contributed by atoms with Gasteiger partial charge >= 0.3 is 5.89 Å². The molecule has 8 nitrogen and oxygen atoms in total. The number of fused-ring (bicyclic) bond motifs is 2. The quantitative estimate of drug-likeness (QED) is 0.0454. The molecule has 2 heterocycles. The Morgan fingerprint density at radius 3 is 1.44 bits per heavy atom. The summed E-state index contributed by atoms with van der Waals surface area (Å²) in [6.07, 6.45) is 52.1. The lowest BCUT2D eigenvalue weighted by molar-refractivity contribution is -2.00. The van der Waals surface area contributed by atoms with Crippen molar-refractivity contribution in [3.63, 3.8) is 0 Å². The van der Waals surface area contributed by atoms with E-state index in [0.29, 0.717) is 0 Å². The van der Waals surface area contributed by atoms with Crippen LogP contribution in [0.4, 0.5) is 5.69 Å². The van der Waals surface area contributed by atoms with E-state index in [-0.39, 0.29) is 0 Å². The van der Waals surface area contributed by atoms with Crippen molar-refractivity contribution in [3.05, 3.63) is 72.0 Å². The van der Waals surface area contributed by atoms with E-state index >= 15 is 0 Å². The number of hydrogen-bond donors (Lipinski definition) is 1. The lowest BCUT2D eigenvalue weighted by atomic mass is 10.0. The van der Waals surface area contributed by atoms with Crippen LogP contribution >= 0.6 is 0 Å². The second-order valence-corrected chi connectivity index (χ2v) is 18.5. The van der Waals surface area contributed by atoms with Crippen LogP contribution in [-0.4, -0.2) is 0 Å². The first-order chi connectivity index (χ1) is 30.3. The van der Waals surface area contributed by atoms with Gasteiger partial charge in [0.05, 0.1) is 11.8 Å². The average Bonchev–Trinajstić information content (AvgIpc) is 3.83. The summed E-state index contributed by atoms with van der Waals surface area (Å²) in [5.74, 6) is 2.55. The summed E-state index contributed by atoms with van der Waals surface area (Å²) >= 11 is 0. The van der Waals surface area contributed by atoms with Gasteiger partial charge in [0.2, 0.25) is 5.58 Å². The number of aromatic nitrogens is 1. The molecule has 2 aromatic carbocycles. The van der Waals surface area contributed by atoms with Crippen LogP contribution in [0, 0.1) is 10.2 Å². The van der Waals surface area contributed by atoms with E-state index < -0.39 is 10.2 Å². The Morgan fingerprint density at radius 1 is 0.532 bits per heavy atom. The topological polar surface area (TPSA) is 131 Å². The number of nitrogens with one attached hydrogen (secondary N) is 1. The van der Waals surface area contributed by atoms with Crippen molar-refractivity contribution >= 4 is 22.9 Å². The van der Waals surface area contributed by atoms with Gasteiger partial charge in [-0.1, -0.05) is 224 Å². The summed E-state index contributed by atoms with van der Waals surface area (Å²) < 4.78 is 49.0. The Hall–Kier alpha value is -2.88. The van der Waals surface area contributed by atoms with Gasteiger partial charge < -0.3 is 14.5 Å². The molecule has 1 aliphatic rings. The third-order valence-corrected chi connectivity index (χ3v) is 12.2. The maximum absolute atomic E-state index is 8.49.